The third-order valence-corrected chi connectivity index (χ3v) is 9.58. The Hall–Kier alpha value is -2.95. The van der Waals surface area contributed by atoms with Crippen LogP contribution in [0.3, 0.4) is 0 Å². The maximum atomic E-state index is 12.9. The highest BCUT2D eigenvalue weighted by atomic mass is 16.2. The smallest absolute Gasteiger partial charge is 0.227 e. The van der Waals surface area contributed by atoms with Crippen LogP contribution >= 0.6 is 0 Å². The molecule has 4 saturated carbocycles. The van der Waals surface area contributed by atoms with Gasteiger partial charge in [-0.15, -0.1) is 0 Å². The lowest BCUT2D eigenvalue weighted by molar-refractivity contribution is -0.123. The first-order chi connectivity index (χ1) is 17.1. The van der Waals surface area contributed by atoms with Crippen LogP contribution in [0.25, 0.3) is 22.4 Å². The molecule has 3 aromatic rings. The Morgan fingerprint density at radius 2 is 1.57 bits per heavy atom. The average molecular weight is 468 g/mol. The lowest BCUT2D eigenvalue weighted by Gasteiger charge is -2.20. The Morgan fingerprint density at radius 1 is 0.857 bits per heavy atom. The number of ketones is 1. The van der Waals surface area contributed by atoms with Crippen molar-refractivity contribution in [3.05, 3.63) is 48.0 Å². The van der Waals surface area contributed by atoms with E-state index >= 15 is 0 Å². The molecule has 180 valence electrons. The Bertz CT molecular complexity index is 1290. The number of hydrogen-bond acceptors (Lipinski definition) is 3. The highest BCUT2D eigenvalue weighted by molar-refractivity contribution is 5.95. The van der Waals surface area contributed by atoms with Crippen LogP contribution in [0.4, 0.5) is 5.69 Å². The molecule has 4 fully saturated rings. The zero-order valence-corrected chi connectivity index (χ0v) is 20.1. The number of aromatic amines is 1. The Balaban J connectivity index is 1.03. The summed E-state index contributed by atoms with van der Waals surface area (Å²) in [6, 6.07) is 14.1. The molecular formula is C30H33N3O2. The van der Waals surface area contributed by atoms with Gasteiger partial charge in [0.2, 0.25) is 5.91 Å². The number of rotatable bonds is 6. The van der Waals surface area contributed by atoms with Crippen LogP contribution in [-0.4, -0.2) is 21.7 Å². The van der Waals surface area contributed by atoms with Gasteiger partial charge in [-0.3, -0.25) is 9.59 Å². The molecular weight excluding hydrogens is 434 g/mol. The number of benzene rings is 2. The van der Waals surface area contributed by atoms with Gasteiger partial charge in [-0.25, -0.2) is 4.98 Å². The number of fused-ring (bicyclic) bond motifs is 5. The standard InChI is InChI=1S/C30H33N3O2/c34-28(24-13-18-3-7-21(24)11-18)15-17-1-5-20(6-2-17)29-32-26-10-9-23(16-27(26)33-29)31-30(35)25-14-19-4-8-22(25)12-19/h1-2,5-6,9-10,16,18-19,21-22,24-25H,3-4,7-8,11-15H2,(H,31,35)(H,32,33). The van der Waals surface area contributed by atoms with E-state index in [0.29, 0.717) is 30.0 Å². The van der Waals surface area contributed by atoms with Gasteiger partial charge in [-0.1, -0.05) is 37.1 Å². The Kier molecular flexibility index (Phi) is 5.07. The van der Waals surface area contributed by atoms with Crippen molar-refractivity contribution >= 4 is 28.4 Å². The van der Waals surface area contributed by atoms with Crippen molar-refractivity contribution < 1.29 is 9.59 Å². The van der Waals surface area contributed by atoms with Gasteiger partial charge < -0.3 is 10.3 Å². The molecule has 0 saturated heterocycles. The molecule has 5 nitrogen and oxygen atoms in total. The van der Waals surface area contributed by atoms with E-state index in [-0.39, 0.29) is 11.8 Å². The van der Waals surface area contributed by atoms with Gasteiger partial charge >= 0.3 is 0 Å². The summed E-state index contributed by atoms with van der Waals surface area (Å²) in [4.78, 5) is 33.9. The molecule has 4 bridgehead atoms. The molecule has 2 N–H and O–H groups in total. The van der Waals surface area contributed by atoms with E-state index in [1.165, 1.54) is 38.5 Å². The molecule has 0 spiro atoms. The third kappa shape index (κ3) is 3.89. The largest absolute Gasteiger partial charge is 0.338 e. The summed E-state index contributed by atoms with van der Waals surface area (Å²) >= 11 is 0. The fraction of sp³-hybridized carbons (Fsp3) is 0.500. The van der Waals surface area contributed by atoms with Crippen molar-refractivity contribution in [3.63, 3.8) is 0 Å². The van der Waals surface area contributed by atoms with Crippen LogP contribution in [0.1, 0.15) is 56.9 Å². The topological polar surface area (TPSA) is 74.8 Å². The van der Waals surface area contributed by atoms with Gasteiger partial charge in [0.05, 0.1) is 11.0 Å². The number of amides is 1. The summed E-state index contributed by atoms with van der Waals surface area (Å²) in [5.74, 6) is 4.66. The van der Waals surface area contributed by atoms with E-state index < -0.39 is 0 Å². The summed E-state index contributed by atoms with van der Waals surface area (Å²) in [6.45, 7) is 0. The summed E-state index contributed by atoms with van der Waals surface area (Å²) in [7, 11) is 0. The second kappa shape index (κ2) is 8.32. The lowest BCUT2D eigenvalue weighted by atomic mass is 9.83. The molecule has 7 rings (SSSR count). The van der Waals surface area contributed by atoms with E-state index in [0.717, 1.165) is 58.3 Å². The zero-order valence-electron chi connectivity index (χ0n) is 20.1. The van der Waals surface area contributed by atoms with Crippen LogP contribution < -0.4 is 5.32 Å². The SMILES string of the molecule is O=C(Cc1ccc(-c2nc3ccc(NC(=O)C4CC5CCC4C5)cc3[nH]2)cc1)C1CC2CCC1C2. The molecule has 6 unspecified atom stereocenters. The number of nitrogens with zero attached hydrogens (tertiary/aromatic N) is 1. The summed E-state index contributed by atoms with van der Waals surface area (Å²) in [5.41, 5.74) is 4.72. The number of aromatic nitrogens is 2. The first kappa shape index (κ1) is 21.3. The summed E-state index contributed by atoms with van der Waals surface area (Å²) < 4.78 is 0. The maximum absolute atomic E-state index is 12.9. The van der Waals surface area contributed by atoms with Crippen molar-refractivity contribution in [2.75, 3.05) is 5.32 Å². The van der Waals surface area contributed by atoms with Crippen molar-refractivity contribution in [3.8, 4) is 11.4 Å². The van der Waals surface area contributed by atoms with Gasteiger partial charge in [-0.05, 0) is 86.0 Å². The number of hydrogen-bond donors (Lipinski definition) is 2. The van der Waals surface area contributed by atoms with Crippen molar-refractivity contribution in [1.29, 1.82) is 0 Å². The number of Topliss-reactive ketones (excluding diaryl/α,β-unsaturated/α-hetero) is 1. The fourth-order valence-corrected chi connectivity index (χ4v) is 7.78. The highest BCUT2D eigenvalue weighted by Gasteiger charge is 2.43. The van der Waals surface area contributed by atoms with Crippen molar-refractivity contribution in [2.24, 2.45) is 35.5 Å². The number of imidazole rings is 1. The van der Waals surface area contributed by atoms with Gasteiger partial charge in [-0.2, -0.15) is 0 Å². The van der Waals surface area contributed by atoms with E-state index in [1.807, 2.05) is 18.2 Å². The molecule has 35 heavy (non-hydrogen) atoms. The predicted molar refractivity (Wildman–Crippen MR) is 137 cm³/mol. The molecule has 1 heterocycles. The minimum atomic E-state index is 0.173. The maximum Gasteiger partial charge on any atom is 0.227 e. The second-order valence-corrected chi connectivity index (χ2v) is 11.7. The van der Waals surface area contributed by atoms with E-state index in [2.05, 4.69) is 34.6 Å². The zero-order chi connectivity index (χ0) is 23.5. The molecule has 6 atom stereocenters. The second-order valence-electron chi connectivity index (χ2n) is 11.7. The molecule has 1 amide bonds. The minimum Gasteiger partial charge on any atom is -0.338 e. The number of carbonyl (C=O) groups is 2. The predicted octanol–water partition coefficient (Wildman–Crippen LogP) is 6.15. The minimum absolute atomic E-state index is 0.173. The average Bonchev–Trinajstić information content (AvgIpc) is 3.70. The van der Waals surface area contributed by atoms with Crippen LogP contribution in [-0.2, 0) is 16.0 Å². The molecule has 0 radical (unpaired) electrons. The number of H-pyrrole nitrogens is 1. The van der Waals surface area contributed by atoms with Crippen LogP contribution in [0, 0.1) is 35.5 Å². The van der Waals surface area contributed by atoms with E-state index in [4.69, 9.17) is 4.98 Å². The van der Waals surface area contributed by atoms with Crippen LogP contribution in [0.5, 0.6) is 0 Å². The number of anilines is 1. The number of carbonyl (C=O) groups excluding carboxylic acids is 2. The third-order valence-electron chi connectivity index (χ3n) is 9.58. The van der Waals surface area contributed by atoms with E-state index in [1.54, 1.807) is 0 Å². The number of nitrogens with one attached hydrogen (secondary N) is 2. The summed E-state index contributed by atoms with van der Waals surface area (Å²) in [5, 5.41) is 3.15. The molecule has 0 aliphatic heterocycles. The first-order valence-corrected chi connectivity index (χ1v) is 13.5. The van der Waals surface area contributed by atoms with Crippen molar-refractivity contribution in [2.45, 2.75) is 57.8 Å². The van der Waals surface area contributed by atoms with Crippen LogP contribution in [0.15, 0.2) is 42.5 Å². The monoisotopic (exact) mass is 467 g/mol. The van der Waals surface area contributed by atoms with Crippen molar-refractivity contribution in [1.82, 2.24) is 9.97 Å². The van der Waals surface area contributed by atoms with Crippen LogP contribution in [0.2, 0.25) is 0 Å². The molecule has 5 heteroatoms. The van der Waals surface area contributed by atoms with Gasteiger partial charge in [0.25, 0.3) is 0 Å². The quantitative estimate of drug-likeness (QED) is 0.456. The fourth-order valence-electron chi connectivity index (χ4n) is 7.78. The van der Waals surface area contributed by atoms with E-state index in [9.17, 15) is 9.59 Å². The summed E-state index contributed by atoms with van der Waals surface area (Å²) in [6.07, 6.45) is 10.3. The lowest BCUT2D eigenvalue weighted by Crippen LogP contribution is -2.27. The molecule has 1 aromatic heterocycles. The van der Waals surface area contributed by atoms with Gasteiger partial charge in [0.15, 0.2) is 0 Å². The first-order valence-electron chi connectivity index (χ1n) is 13.5. The Labute approximate surface area is 206 Å². The molecule has 2 aromatic carbocycles. The molecule has 4 aliphatic rings. The molecule has 4 aliphatic carbocycles. The highest BCUT2D eigenvalue weighted by Crippen LogP contribution is 2.49. The normalized spacial score (nSPS) is 30.9. The van der Waals surface area contributed by atoms with Gasteiger partial charge in [0, 0.05) is 29.5 Å². The van der Waals surface area contributed by atoms with Gasteiger partial charge in [0.1, 0.15) is 11.6 Å². The Morgan fingerprint density at radius 3 is 2.23 bits per heavy atom.